The molecule has 0 heterocycles. The van der Waals surface area contributed by atoms with Gasteiger partial charge in [-0.15, -0.1) is 0 Å². The predicted octanol–water partition coefficient (Wildman–Crippen LogP) is 1.26. The zero-order valence-electron chi connectivity index (χ0n) is 7.86. The van der Waals surface area contributed by atoms with E-state index in [1.807, 2.05) is 18.2 Å². The fourth-order valence-electron chi connectivity index (χ4n) is 2.09. The maximum absolute atomic E-state index is 10.6. The van der Waals surface area contributed by atoms with E-state index >= 15 is 0 Å². The summed E-state index contributed by atoms with van der Waals surface area (Å²) in [5.74, 6) is -0.779. The first kappa shape index (κ1) is 9.21. The van der Waals surface area contributed by atoms with Crippen LogP contribution in [0.2, 0.25) is 0 Å². The molecular weight excluding hydrogens is 178 g/mol. The molecule has 74 valence electrons. The third-order valence-electron chi connectivity index (χ3n) is 2.76. The first-order valence-corrected chi connectivity index (χ1v) is 4.76. The number of fused-ring (bicyclic) bond motifs is 1. The van der Waals surface area contributed by atoms with Gasteiger partial charge in [-0.2, -0.15) is 0 Å². The van der Waals surface area contributed by atoms with Gasteiger partial charge in [0.25, 0.3) is 0 Å². The molecule has 0 spiro atoms. The molecule has 1 aromatic carbocycles. The quantitative estimate of drug-likeness (QED) is 0.739. The number of carboxylic acid groups (broad SMARTS) is 1. The Kier molecular flexibility index (Phi) is 2.25. The Morgan fingerprint density at radius 2 is 2.36 bits per heavy atom. The van der Waals surface area contributed by atoms with E-state index in [1.54, 1.807) is 0 Å². The molecule has 14 heavy (non-hydrogen) atoms. The molecule has 1 unspecified atom stereocenters. The van der Waals surface area contributed by atoms with Gasteiger partial charge in [-0.25, -0.2) is 0 Å². The maximum Gasteiger partial charge on any atom is 0.307 e. The second kappa shape index (κ2) is 3.42. The molecular formula is C11H13NO2. The summed E-state index contributed by atoms with van der Waals surface area (Å²) < 4.78 is 0. The normalized spacial score (nSPS) is 19.4. The standard InChI is InChI=1S/C11H13NO2/c12-10-5-4-8-7(6-11(13)14)2-1-3-9(8)10/h1-3,10H,4-6,12H2,(H,13,14). The molecule has 0 aliphatic heterocycles. The van der Waals surface area contributed by atoms with Gasteiger partial charge in [-0.1, -0.05) is 18.2 Å². The summed E-state index contributed by atoms with van der Waals surface area (Å²) in [5.41, 5.74) is 9.10. The average Bonchev–Trinajstić information content (AvgIpc) is 2.49. The number of carboxylic acids is 1. The summed E-state index contributed by atoms with van der Waals surface area (Å²) >= 11 is 0. The van der Waals surface area contributed by atoms with Crippen molar-refractivity contribution >= 4 is 5.97 Å². The molecule has 0 aromatic heterocycles. The van der Waals surface area contributed by atoms with Crippen LogP contribution in [0.4, 0.5) is 0 Å². The van der Waals surface area contributed by atoms with E-state index in [0.717, 1.165) is 29.5 Å². The molecule has 3 heteroatoms. The molecule has 1 aliphatic carbocycles. The van der Waals surface area contributed by atoms with E-state index in [4.69, 9.17) is 10.8 Å². The lowest BCUT2D eigenvalue weighted by atomic mass is 10.0. The van der Waals surface area contributed by atoms with Crippen LogP contribution in [0.3, 0.4) is 0 Å². The fraction of sp³-hybridized carbons (Fsp3) is 0.364. The minimum absolute atomic E-state index is 0.0961. The molecule has 0 saturated carbocycles. The van der Waals surface area contributed by atoms with E-state index in [0.29, 0.717) is 0 Å². The van der Waals surface area contributed by atoms with Crippen molar-refractivity contribution in [3.05, 3.63) is 34.9 Å². The average molecular weight is 191 g/mol. The van der Waals surface area contributed by atoms with Crippen molar-refractivity contribution < 1.29 is 9.90 Å². The van der Waals surface area contributed by atoms with Gasteiger partial charge < -0.3 is 10.8 Å². The molecule has 0 radical (unpaired) electrons. The Hall–Kier alpha value is -1.35. The molecule has 3 N–H and O–H groups in total. The van der Waals surface area contributed by atoms with Crippen LogP contribution < -0.4 is 5.73 Å². The maximum atomic E-state index is 10.6. The topological polar surface area (TPSA) is 63.3 Å². The Balaban J connectivity index is 2.39. The zero-order chi connectivity index (χ0) is 10.1. The minimum atomic E-state index is -0.779. The van der Waals surface area contributed by atoms with Crippen molar-refractivity contribution in [3.8, 4) is 0 Å². The highest BCUT2D eigenvalue weighted by molar-refractivity contribution is 5.71. The van der Waals surface area contributed by atoms with Crippen LogP contribution >= 0.6 is 0 Å². The smallest absolute Gasteiger partial charge is 0.307 e. The van der Waals surface area contributed by atoms with Crippen LogP contribution in [0, 0.1) is 0 Å². The van der Waals surface area contributed by atoms with E-state index in [1.165, 1.54) is 0 Å². The third-order valence-corrected chi connectivity index (χ3v) is 2.76. The monoisotopic (exact) mass is 191 g/mol. The lowest BCUT2D eigenvalue weighted by molar-refractivity contribution is -0.136. The van der Waals surface area contributed by atoms with Gasteiger partial charge in [-0.05, 0) is 29.5 Å². The highest BCUT2D eigenvalue weighted by Crippen LogP contribution is 2.31. The molecule has 1 aliphatic rings. The molecule has 1 atom stereocenters. The summed E-state index contributed by atoms with van der Waals surface area (Å²) in [4.78, 5) is 10.6. The molecule has 0 fully saturated rings. The molecule has 0 saturated heterocycles. The number of aliphatic carboxylic acids is 1. The highest BCUT2D eigenvalue weighted by Gasteiger charge is 2.21. The van der Waals surface area contributed by atoms with Gasteiger partial charge in [0, 0.05) is 6.04 Å². The lowest BCUT2D eigenvalue weighted by Gasteiger charge is -2.07. The van der Waals surface area contributed by atoms with Crippen LogP contribution in [-0.2, 0) is 17.6 Å². The van der Waals surface area contributed by atoms with E-state index in [-0.39, 0.29) is 12.5 Å². The first-order valence-electron chi connectivity index (χ1n) is 4.76. The molecule has 3 nitrogen and oxygen atoms in total. The van der Waals surface area contributed by atoms with Gasteiger partial charge in [0.15, 0.2) is 0 Å². The van der Waals surface area contributed by atoms with Crippen molar-refractivity contribution in [2.45, 2.75) is 25.3 Å². The SMILES string of the molecule is NC1CCc2c(CC(=O)O)cccc21. The van der Waals surface area contributed by atoms with Crippen molar-refractivity contribution in [3.63, 3.8) is 0 Å². The van der Waals surface area contributed by atoms with Crippen LogP contribution in [-0.4, -0.2) is 11.1 Å². The van der Waals surface area contributed by atoms with Crippen molar-refractivity contribution in [1.29, 1.82) is 0 Å². The highest BCUT2D eigenvalue weighted by atomic mass is 16.4. The van der Waals surface area contributed by atoms with E-state index < -0.39 is 5.97 Å². The van der Waals surface area contributed by atoms with Crippen LogP contribution in [0.5, 0.6) is 0 Å². The van der Waals surface area contributed by atoms with Gasteiger partial charge in [-0.3, -0.25) is 4.79 Å². The number of hydrogen-bond acceptors (Lipinski definition) is 2. The summed E-state index contributed by atoms with van der Waals surface area (Å²) in [6.45, 7) is 0. The number of carbonyl (C=O) groups is 1. The Bertz CT molecular complexity index is 374. The second-order valence-electron chi connectivity index (χ2n) is 3.70. The summed E-state index contributed by atoms with van der Waals surface area (Å²) in [6.07, 6.45) is 1.96. The van der Waals surface area contributed by atoms with Gasteiger partial charge in [0.1, 0.15) is 0 Å². The number of rotatable bonds is 2. The van der Waals surface area contributed by atoms with Crippen molar-refractivity contribution in [2.24, 2.45) is 5.73 Å². The number of hydrogen-bond donors (Lipinski definition) is 2. The fourth-order valence-corrected chi connectivity index (χ4v) is 2.09. The first-order chi connectivity index (χ1) is 6.68. The summed E-state index contributed by atoms with van der Waals surface area (Å²) in [5, 5.41) is 8.73. The van der Waals surface area contributed by atoms with Gasteiger partial charge in [0.05, 0.1) is 6.42 Å². The zero-order valence-corrected chi connectivity index (χ0v) is 7.86. The lowest BCUT2D eigenvalue weighted by Crippen LogP contribution is -2.06. The second-order valence-corrected chi connectivity index (χ2v) is 3.70. The van der Waals surface area contributed by atoms with Crippen molar-refractivity contribution in [2.75, 3.05) is 0 Å². The Morgan fingerprint density at radius 1 is 1.57 bits per heavy atom. The molecule has 0 bridgehead atoms. The van der Waals surface area contributed by atoms with E-state index in [2.05, 4.69) is 0 Å². The van der Waals surface area contributed by atoms with Gasteiger partial charge >= 0.3 is 5.97 Å². The Labute approximate surface area is 82.5 Å². The Morgan fingerprint density at radius 3 is 3.07 bits per heavy atom. The predicted molar refractivity (Wildman–Crippen MR) is 53.0 cm³/mol. The third kappa shape index (κ3) is 1.51. The van der Waals surface area contributed by atoms with Gasteiger partial charge in [0.2, 0.25) is 0 Å². The number of benzene rings is 1. The largest absolute Gasteiger partial charge is 0.481 e. The van der Waals surface area contributed by atoms with Crippen LogP contribution in [0.15, 0.2) is 18.2 Å². The van der Waals surface area contributed by atoms with Crippen LogP contribution in [0.1, 0.15) is 29.2 Å². The molecule has 1 aromatic rings. The summed E-state index contributed by atoms with van der Waals surface area (Å²) in [7, 11) is 0. The van der Waals surface area contributed by atoms with E-state index in [9.17, 15) is 4.79 Å². The number of nitrogens with two attached hydrogens (primary N) is 1. The molecule has 0 amide bonds. The molecule has 2 rings (SSSR count). The minimum Gasteiger partial charge on any atom is -0.481 e. The van der Waals surface area contributed by atoms with Crippen molar-refractivity contribution in [1.82, 2.24) is 0 Å². The summed E-state index contributed by atoms with van der Waals surface area (Å²) in [6, 6.07) is 5.87. The van der Waals surface area contributed by atoms with Crippen LogP contribution in [0.25, 0.3) is 0 Å².